The Kier molecular flexibility index (Phi) is 4.29. The summed E-state index contributed by atoms with van der Waals surface area (Å²) in [5.74, 6) is 0. The zero-order chi connectivity index (χ0) is 14.0. The zero-order valence-corrected chi connectivity index (χ0v) is 13.1. The van der Waals surface area contributed by atoms with Gasteiger partial charge in [0.05, 0.1) is 10.7 Å². The smallest absolute Gasteiger partial charge is 0.0972 e. The number of nitrogens with zero attached hydrogens (tertiary/aromatic N) is 1. The van der Waals surface area contributed by atoms with Crippen LogP contribution in [-0.4, -0.2) is 4.98 Å². The first-order valence-electron chi connectivity index (χ1n) is 6.32. The maximum atomic E-state index is 6.06. The van der Waals surface area contributed by atoms with Gasteiger partial charge in [-0.25, -0.2) is 4.98 Å². The first-order valence-corrected chi connectivity index (χ1v) is 7.58. The van der Waals surface area contributed by atoms with E-state index in [-0.39, 0.29) is 5.41 Å². The third-order valence-electron chi connectivity index (χ3n) is 3.05. The summed E-state index contributed by atoms with van der Waals surface area (Å²) in [6, 6.07) is 5.87. The van der Waals surface area contributed by atoms with Crippen molar-refractivity contribution < 1.29 is 0 Å². The van der Waals surface area contributed by atoms with Crippen molar-refractivity contribution in [2.24, 2.45) is 5.73 Å². The second kappa shape index (κ2) is 5.61. The average molecular weight is 295 g/mol. The van der Waals surface area contributed by atoms with Crippen LogP contribution >= 0.6 is 22.9 Å². The predicted molar refractivity (Wildman–Crippen MR) is 83.0 cm³/mol. The molecule has 1 aromatic heterocycles. The fraction of sp³-hybridized carbons (Fsp3) is 0.400. The van der Waals surface area contributed by atoms with Crippen molar-refractivity contribution >= 4 is 22.9 Å². The van der Waals surface area contributed by atoms with E-state index in [4.69, 9.17) is 22.3 Å². The van der Waals surface area contributed by atoms with Crippen LogP contribution in [-0.2, 0) is 18.4 Å². The van der Waals surface area contributed by atoms with Gasteiger partial charge in [0.15, 0.2) is 0 Å². The van der Waals surface area contributed by atoms with Gasteiger partial charge in [0, 0.05) is 28.8 Å². The molecule has 0 spiro atoms. The monoisotopic (exact) mass is 294 g/mol. The molecule has 0 fully saturated rings. The molecule has 0 bridgehead atoms. The van der Waals surface area contributed by atoms with Crippen molar-refractivity contribution in [3.63, 3.8) is 0 Å². The molecule has 1 heterocycles. The fourth-order valence-corrected chi connectivity index (χ4v) is 3.10. The zero-order valence-electron chi connectivity index (χ0n) is 11.5. The topological polar surface area (TPSA) is 38.9 Å². The van der Waals surface area contributed by atoms with Gasteiger partial charge in [0.25, 0.3) is 0 Å². The van der Waals surface area contributed by atoms with E-state index in [9.17, 15) is 0 Å². The lowest BCUT2D eigenvalue weighted by Gasteiger charge is -2.14. The molecule has 2 nitrogen and oxygen atoms in total. The summed E-state index contributed by atoms with van der Waals surface area (Å²) >= 11 is 7.76. The predicted octanol–water partition coefficient (Wildman–Crippen LogP) is 4.14. The number of thiazole rings is 1. The average Bonchev–Trinajstić information content (AvgIpc) is 2.77. The first kappa shape index (κ1) is 14.5. The number of rotatable bonds is 3. The molecule has 4 heteroatoms. The maximum absolute atomic E-state index is 6.06. The van der Waals surface area contributed by atoms with Crippen LogP contribution in [0.2, 0.25) is 5.02 Å². The van der Waals surface area contributed by atoms with Gasteiger partial charge in [0.1, 0.15) is 0 Å². The van der Waals surface area contributed by atoms with Crippen molar-refractivity contribution in [2.45, 2.75) is 39.2 Å². The highest BCUT2D eigenvalue weighted by atomic mass is 35.5. The van der Waals surface area contributed by atoms with Crippen LogP contribution in [0.25, 0.3) is 0 Å². The fourth-order valence-electron chi connectivity index (χ4n) is 1.86. The van der Waals surface area contributed by atoms with Crippen LogP contribution in [0, 0.1) is 0 Å². The minimum atomic E-state index is 0.0970. The van der Waals surface area contributed by atoms with Gasteiger partial charge in [0.2, 0.25) is 0 Å². The molecular formula is C15H19ClN2S. The quantitative estimate of drug-likeness (QED) is 0.924. The molecule has 0 aliphatic carbocycles. The Balaban J connectivity index is 2.26. The van der Waals surface area contributed by atoms with Crippen molar-refractivity contribution in [1.29, 1.82) is 0 Å². The summed E-state index contributed by atoms with van der Waals surface area (Å²) in [6.07, 6.45) is 0.799. The van der Waals surface area contributed by atoms with Gasteiger partial charge in [-0.1, -0.05) is 38.4 Å². The van der Waals surface area contributed by atoms with Crippen molar-refractivity contribution in [2.75, 3.05) is 0 Å². The van der Waals surface area contributed by atoms with Crippen LogP contribution in [0.3, 0.4) is 0 Å². The summed E-state index contributed by atoms with van der Waals surface area (Å²) in [4.78, 5) is 4.72. The molecule has 0 amide bonds. The van der Waals surface area contributed by atoms with Gasteiger partial charge in [-0.05, 0) is 23.3 Å². The first-order chi connectivity index (χ1) is 8.90. The van der Waals surface area contributed by atoms with E-state index in [0.29, 0.717) is 6.54 Å². The van der Waals surface area contributed by atoms with E-state index >= 15 is 0 Å². The van der Waals surface area contributed by atoms with Gasteiger partial charge < -0.3 is 5.73 Å². The Hall–Kier alpha value is -0.900. The summed E-state index contributed by atoms with van der Waals surface area (Å²) in [6.45, 7) is 7.06. The lowest BCUT2D eigenvalue weighted by molar-refractivity contribution is 0.571. The molecule has 1 aromatic carbocycles. The van der Waals surface area contributed by atoms with Crippen LogP contribution in [0.5, 0.6) is 0 Å². The standard InChI is InChI=1S/C15H19ClN2S/c1-15(2,3)13-9-19-14(18-13)7-11-6-12(16)5-4-10(11)8-17/h4-6,9H,7-8,17H2,1-3H3. The third kappa shape index (κ3) is 3.56. The lowest BCUT2D eigenvalue weighted by Crippen LogP contribution is -2.11. The van der Waals surface area contributed by atoms with Crippen molar-refractivity contribution in [3.8, 4) is 0 Å². The molecule has 0 unspecified atom stereocenters. The van der Waals surface area contributed by atoms with E-state index in [2.05, 4.69) is 26.2 Å². The van der Waals surface area contributed by atoms with Gasteiger partial charge in [-0.3, -0.25) is 0 Å². The Morgan fingerprint density at radius 3 is 2.58 bits per heavy atom. The van der Waals surface area contributed by atoms with Gasteiger partial charge in [-0.15, -0.1) is 11.3 Å². The van der Waals surface area contributed by atoms with Crippen molar-refractivity contribution in [3.05, 3.63) is 50.4 Å². The molecule has 102 valence electrons. The molecule has 0 atom stereocenters. The Morgan fingerprint density at radius 2 is 2.00 bits per heavy atom. The molecule has 19 heavy (non-hydrogen) atoms. The number of benzene rings is 1. The number of hydrogen-bond acceptors (Lipinski definition) is 3. The summed E-state index contributed by atoms with van der Waals surface area (Å²) in [7, 11) is 0. The van der Waals surface area contributed by atoms with Gasteiger partial charge >= 0.3 is 0 Å². The molecule has 2 N–H and O–H groups in total. The Bertz CT molecular complexity index is 570. The number of nitrogens with two attached hydrogens (primary N) is 1. The van der Waals surface area contributed by atoms with Crippen LogP contribution in [0.4, 0.5) is 0 Å². The highest BCUT2D eigenvalue weighted by Crippen LogP contribution is 2.26. The van der Waals surface area contributed by atoms with E-state index in [1.54, 1.807) is 11.3 Å². The maximum Gasteiger partial charge on any atom is 0.0972 e. The number of hydrogen-bond donors (Lipinski definition) is 1. The molecule has 0 aliphatic heterocycles. The SMILES string of the molecule is CC(C)(C)c1csc(Cc2cc(Cl)ccc2CN)n1. The lowest BCUT2D eigenvalue weighted by atomic mass is 9.93. The van der Waals surface area contributed by atoms with E-state index in [1.807, 2.05) is 18.2 Å². The molecule has 2 aromatic rings. The highest BCUT2D eigenvalue weighted by molar-refractivity contribution is 7.09. The van der Waals surface area contributed by atoms with Crippen molar-refractivity contribution in [1.82, 2.24) is 4.98 Å². The molecule has 2 rings (SSSR count). The minimum absolute atomic E-state index is 0.0970. The number of aromatic nitrogens is 1. The van der Waals surface area contributed by atoms with Crippen LogP contribution in [0.1, 0.15) is 42.6 Å². The molecule has 0 saturated carbocycles. The Labute approximate surface area is 123 Å². The second-order valence-corrected chi connectivity index (χ2v) is 7.05. The summed E-state index contributed by atoms with van der Waals surface area (Å²) < 4.78 is 0. The normalized spacial score (nSPS) is 11.8. The van der Waals surface area contributed by atoms with Crippen LogP contribution in [0.15, 0.2) is 23.6 Å². The van der Waals surface area contributed by atoms with Gasteiger partial charge in [-0.2, -0.15) is 0 Å². The second-order valence-electron chi connectivity index (χ2n) is 5.67. The van der Waals surface area contributed by atoms with E-state index < -0.39 is 0 Å². The summed E-state index contributed by atoms with van der Waals surface area (Å²) in [5, 5.41) is 4.00. The summed E-state index contributed by atoms with van der Waals surface area (Å²) in [5.41, 5.74) is 9.32. The Morgan fingerprint density at radius 1 is 1.26 bits per heavy atom. The number of halogens is 1. The third-order valence-corrected chi connectivity index (χ3v) is 4.13. The van der Waals surface area contributed by atoms with Crippen LogP contribution < -0.4 is 5.73 Å². The van der Waals surface area contributed by atoms with E-state index in [0.717, 1.165) is 27.7 Å². The molecular weight excluding hydrogens is 276 g/mol. The molecule has 0 radical (unpaired) electrons. The largest absolute Gasteiger partial charge is 0.326 e. The molecule has 0 aliphatic rings. The minimum Gasteiger partial charge on any atom is -0.326 e. The molecule has 0 saturated heterocycles. The van der Waals surface area contributed by atoms with E-state index in [1.165, 1.54) is 5.56 Å². The highest BCUT2D eigenvalue weighted by Gasteiger charge is 2.17.